The molecule has 2 aromatic rings. The molecular weight excluding hydrogens is 298 g/mol. The Bertz CT molecular complexity index is 666. The monoisotopic (exact) mass is 323 g/mol. The highest BCUT2D eigenvalue weighted by molar-refractivity contribution is 5.95. The number of amides is 1. The van der Waals surface area contributed by atoms with Crippen molar-refractivity contribution in [3.8, 4) is 11.1 Å². The van der Waals surface area contributed by atoms with Gasteiger partial charge in [-0.2, -0.15) is 0 Å². The topological polar surface area (TPSA) is 45.2 Å². The molecule has 126 valence electrons. The Morgan fingerprint density at radius 1 is 1.17 bits per heavy atom. The summed E-state index contributed by atoms with van der Waals surface area (Å²) in [5.74, 6) is 0.106. The van der Waals surface area contributed by atoms with E-state index in [1.165, 1.54) is 0 Å². The first-order valence-corrected chi connectivity index (χ1v) is 8.81. The van der Waals surface area contributed by atoms with Crippen LogP contribution in [0.3, 0.4) is 0 Å². The molecule has 0 saturated carbocycles. The molecule has 1 aliphatic rings. The second-order valence-corrected chi connectivity index (χ2v) is 6.31. The smallest absolute Gasteiger partial charge is 0.255 e. The number of hydrogen-bond donors (Lipinski definition) is 1. The Labute approximate surface area is 143 Å². The zero-order chi connectivity index (χ0) is 16.8. The fraction of sp³-hybridized carbons (Fsp3) is 0.400. The Morgan fingerprint density at radius 3 is 2.62 bits per heavy atom. The maximum absolute atomic E-state index is 13.1. The molecule has 1 aliphatic heterocycles. The molecule has 1 aromatic carbocycles. The van der Waals surface area contributed by atoms with Crippen LogP contribution in [0.15, 0.2) is 48.8 Å². The molecule has 1 fully saturated rings. The Morgan fingerprint density at radius 2 is 1.92 bits per heavy atom. The molecule has 1 saturated heterocycles. The normalized spacial score (nSPS) is 15.2. The summed E-state index contributed by atoms with van der Waals surface area (Å²) >= 11 is 0. The average molecular weight is 323 g/mol. The summed E-state index contributed by atoms with van der Waals surface area (Å²) in [6.45, 7) is 4.90. The van der Waals surface area contributed by atoms with Crippen molar-refractivity contribution >= 4 is 5.91 Å². The predicted molar refractivity (Wildman–Crippen MR) is 96.9 cm³/mol. The lowest BCUT2D eigenvalue weighted by Gasteiger charge is -2.34. The minimum absolute atomic E-state index is 0.106. The largest absolute Gasteiger partial charge is 0.336 e. The van der Waals surface area contributed by atoms with Gasteiger partial charge in [-0.05, 0) is 44.0 Å². The van der Waals surface area contributed by atoms with E-state index < -0.39 is 0 Å². The zero-order valence-corrected chi connectivity index (χ0v) is 14.2. The maximum Gasteiger partial charge on any atom is 0.255 e. The SMILES string of the molecule is CCCN(C(=O)c1cncc(-c2ccccc2)c1)C1CCNCC1. The minimum atomic E-state index is 0.106. The van der Waals surface area contributed by atoms with Crippen molar-refractivity contribution in [2.45, 2.75) is 32.2 Å². The molecule has 3 rings (SSSR count). The number of aromatic nitrogens is 1. The van der Waals surface area contributed by atoms with Gasteiger partial charge in [-0.3, -0.25) is 9.78 Å². The Hall–Kier alpha value is -2.20. The van der Waals surface area contributed by atoms with Gasteiger partial charge in [-0.1, -0.05) is 37.3 Å². The number of pyridine rings is 1. The van der Waals surface area contributed by atoms with Gasteiger partial charge in [0.25, 0.3) is 5.91 Å². The van der Waals surface area contributed by atoms with Gasteiger partial charge in [0.05, 0.1) is 5.56 Å². The first-order valence-electron chi connectivity index (χ1n) is 8.81. The van der Waals surface area contributed by atoms with Crippen LogP contribution in [0.4, 0.5) is 0 Å². The van der Waals surface area contributed by atoms with E-state index in [9.17, 15) is 4.79 Å². The van der Waals surface area contributed by atoms with Crippen LogP contribution in [0, 0.1) is 0 Å². The summed E-state index contributed by atoms with van der Waals surface area (Å²) < 4.78 is 0. The van der Waals surface area contributed by atoms with Crippen molar-refractivity contribution in [1.82, 2.24) is 15.2 Å². The third kappa shape index (κ3) is 3.82. The highest BCUT2D eigenvalue weighted by Gasteiger charge is 2.25. The van der Waals surface area contributed by atoms with Crippen molar-refractivity contribution in [3.63, 3.8) is 0 Å². The van der Waals surface area contributed by atoms with Gasteiger partial charge in [0.2, 0.25) is 0 Å². The standard InChI is InChI=1S/C20H25N3O/c1-2-12-23(19-8-10-21-11-9-19)20(24)18-13-17(14-22-15-18)16-6-4-3-5-7-16/h3-7,13-15,19,21H,2,8-12H2,1H3. The lowest BCUT2D eigenvalue weighted by molar-refractivity contribution is 0.0642. The van der Waals surface area contributed by atoms with Crippen LogP contribution in [-0.4, -0.2) is 41.5 Å². The van der Waals surface area contributed by atoms with Gasteiger partial charge >= 0.3 is 0 Å². The first kappa shape index (κ1) is 16.7. The molecule has 0 radical (unpaired) electrons. The van der Waals surface area contributed by atoms with Gasteiger partial charge in [0.15, 0.2) is 0 Å². The molecule has 1 amide bonds. The van der Waals surface area contributed by atoms with Gasteiger partial charge in [-0.15, -0.1) is 0 Å². The number of nitrogens with one attached hydrogen (secondary N) is 1. The van der Waals surface area contributed by atoms with Crippen molar-refractivity contribution in [2.75, 3.05) is 19.6 Å². The van der Waals surface area contributed by atoms with E-state index in [4.69, 9.17) is 0 Å². The van der Waals surface area contributed by atoms with Crippen LogP contribution < -0.4 is 5.32 Å². The van der Waals surface area contributed by atoms with Gasteiger partial charge in [0, 0.05) is 30.5 Å². The van der Waals surface area contributed by atoms with Crippen molar-refractivity contribution in [3.05, 3.63) is 54.4 Å². The Balaban J connectivity index is 1.84. The number of carbonyl (C=O) groups is 1. The van der Waals surface area contributed by atoms with Crippen LogP contribution in [0.2, 0.25) is 0 Å². The second-order valence-electron chi connectivity index (χ2n) is 6.31. The van der Waals surface area contributed by atoms with Crippen LogP contribution >= 0.6 is 0 Å². The highest BCUT2D eigenvalue weighted by Crippen LogP contribution is 2.21. The van der Waals surface area contributed by atoms with Crippen LogP contribution in [0.5, 0.6) is 0 Å². The molecular formula is C20H25N3O. The van der Waals surface area contributed by atoms with Crippen LogP contribution in [0.1, 0.15) is 36.5 Å². The summed E-state index contributed by atoms with van der Waals surface area (Å²) in [5.41, 5.74) is 2.76. The maximum atomic E-state index is 13.1. The quantitative estimate of drug-likeness (QED) is 0.918. The average Bonchev–Trinajstić information content (AvgIpc) is 2.67. The first-order chi connectivity index (χ1) is 11.8. The second kappa shape index (κ2) is 8.06. The van der Waals surface area contributed by atoms with Gasteiger partial charge < -0.3 is 10.2 Å². The third-order valence-electron chi connectivity index (χ3n) is 4.57. The lowest BCUT2D eigenvalue weighted by atomic mass is 10.0. The number of benzene rings is 1. The van der Waals surface area contributed by atoms with E-state index in [2.05, 4.69) is 17.2 Å². The van der Waals surface area contributed by atoms with Crippen LogP contribution in [0.25, 0.3) is 11.1 Å². The number of carbonyl (C=O) groups excluding carboxylic acids is 1. The summed E-state index contributed by atoms with van der Waals surface area (Å²) in [6, 6.07) is 12.4. The fourth-order valence-corrected chi connectivity index (χ4v) is 3.32. The molecule has 1 N–H and O–H groups in total. The van der Waals surface area contributed by atoms with E-state index in [1.807, 2.05) is 47.5 Å². The van der Waals surface area contributed by atoms with E-state index in [1.54, 1.807) is 6.20 Å². The van der Waals surface area contributed by atoms with E-state index in [0.717, 1.165) is 50.0 Å². The molecule has 0 spiro atoms. The third-order valence-corrected chi connectivity index (χ3v) is 4.57. The zero-order valence-electron chi connectivity index (χ0n) is 14.2. The van der Waals surface area contributed by atoms with E-state index in [0.29, 0.717) is 11.6 Å². The van der Waals surface area contributed by atoms with E-state index >= 15 is 0 Å². The van der Waals surface area contributed by atoms with Gasteiger partial charge in [-0.25, -0.2) is 0 Å². The molecule has 0 atom stereocenters. The summed E-state index contributed by atoms with van der Waals surface area (Å²) in [4.78, 5) is 19.4. The summed E-state index contributed by atoms with van der Waals surface area (Å²) in [5, 5.41) is 3.37. The fourth-order valence-electron chi connectivity index (χ4n) is 3.32. The minimum Gasteiger partial charge on any atom is -0.336 e. The summed E-state index contributed by atoms with van der Waals surface area (Å²) in [7, 11) is 0. The van der Waals surface area contributed by atoms with Crippen molar-refractivity contribution in [2.24, 2.45) is 0 Å². The van der Waals surface area contributed by atoms with Gasteiger partial charge in [0.1, 0.15) is 0 Å². The molecule has 4 heteroatoms. The molecule has 0 unspecified atom stereocenters. The van der Waals surface area contributed by atoms with E-state index in [-0.39, 0.29) is 5.91 Å². The number of hydrogen-bond acceptors (Lipinski definition) is 3. The number of piperidine rings is 1. The molecule has 0 bridgehead atoms. The molecule has 4 nitrogen and oxygen atoms in total. The highest BCUT2D eigenvalue weighted by atomic mass is 16.2. The number of nitrogens with zero attached hydrogens (tertiary/aromatic N) is 2. The molecule has 24 heavy (non-hydrogen) atoms. The van der Waals surface area contributed by atoms with Crippen LogP contribution in [-0.2, 0) is 0 Å². The summed E-state index contributed by atoms with van der Waals surface area (Å²) in [6.07, 6.45) is 6.54. The number of rotatable bonds is 5. The molecule has 1 aromatic heterocycles. The van der Waals surface area contributed by atoms with Crippen molar-refractivity contribution in [1.29, 1.82) is 0 Å². The molecule has 2 heterocycles. The predicted octanol–water partition coefficient (Wildman–Crippen LogP) is 3.35. The lowest BCUT2D eigenvalue weighted by Crippen LogP contribution is -2.46. The molecule has 0 aliphatic carbocycles. The van der Waals surface area contributed by atoms with Crippen molar-refractivity contribution < 1.29 is 4.79 Å². The Kier molecular flexibility index (Phi) is 5.59.